The Bertz CT molecular complexity index is 1340. The summed E-state index contributed by atoms with van der Waals surface area (Å²) < 4.78 is 6.04. The summed E-state index contributed by atoms with van der Waals surface area (Å²) in [5.74, 6) is 1.77. The van der Waals surface area contributed by atoms with Crippen molar-refractivity contribution >= 4 is 23.1 Å². The van der Waals surface area contributed by atoms with Crippen molar-refractivity contribution < 1.29 is 9.53 Å². The number of carbonyl (C=O) groups excluding carboxylic acids is 1. The van der Waals surface area contributed by atoms with Gasteiger partial charge in [0.15, 0.2) is 5.01 Å². The van der Waals surface area contributed by atoms with Gasteiger partial charge in [0.1, 0.15) is 11.6 Å². The van der Waals surface area contributed by atoms with Crippen molar-refractivity contribution in [1.29, 1.82) is 0 Å². The predicted molar refractivity (Wildman–Crippen MR) is 131 cm³/mol. The average Bonchev–Trinajstić information content (AvgIpc) is 3.52. The summed E-state index contributed by atoms with van der Waals surface area (Å²) in [5, 5.41) is 7.43. The number of thiazole rings is 1. The van der Waals surface area contributed by atoms with E-state index in [0.717, 1.165) is 64.0 Å². The number of hydrogen-bond donors (Lipinski definition) is 1. The molecule has 34 heavy (non-hydrogen) atoms. The van der Waals surface area contributed by atoms with E-state index in [2.05, 4.69) is 20.1 Å². The third-order valence-corrected chi connectivity index (χ3v) is 7.40. The molecule has 3 aromatic heterocycles. The monoisotopic (exact) mass is 472 g/mol. The highest BCUT2D eigenvalue weighted by Gasteiger charge is 2.28. The molecule has 1 saturated heterocycles. The van der Waals surface area contributed by atoms with Crippen LogP contribution in [0.3, 0.4) is 0 Å². The smallest absolute Gasteiger partial charge is 0.282 e. The van der Waals surface area contributed by atoms with E-state index in [0.29, 0.717) is 24.7 Å². The van der Waals surface area contributed by atoms with Gasteiger partial charge in [0, 0.05) is 60.5 Å². The number of ether oxygens (including phenoxy) is 1. The number of benzene rings is 1. The third-order valence-electron chi connectivity index (χ3n) is 6.30. The molecule has 2 aliphatic heterocycles. The summed E-state index contributed by atoms with van der Waals surface area (Å²) in [4.78, 5) is 28.0. The van der Waals surface area contributed by atoms with Crippen molar-refractivity contribution in [3.05, 3.63) is 64.4 Å². The zero-order valence-electron chi connectivity index (χ0n) is 18.8. The van der Waals surface area contributed by atoms with Gasteiger partial charge in [0.2, 0.25) is 0 Å². The van der Waals surface area contributed by atoms with Gasteiger partial charge in [-0.25, -0.2) is 9.97 Å². The molecule has 1 fully saturated rings. The predicted octanol–water partition coefficient (Wildman–Crippen LogP) is 3.80. The SMILES string of the molecule is Cc1cccc(N2CCN(C(=O)c3nc4c(s3)CCOc3cc(-c5cn[nH]c5)ccc3-4)CC2)n1. The number of piperazine rings is 1. The number of aromatic amines is 1. The lowest BCUT2D eigenvalue weighted by atomic mass is 10.0. The second-order valence-corrected chi connectivity index (χ2v) is 9.59. The van der Waals surface area contributed by atoms with Crippen molar-refractivity contribution in [1.82, 2.24) is 25.1 Å². The van der Waals surface area contributed by atoms with E-state index < -0.39 is 0 Å². The number of hydrogen-bond acceptors (Lipinski definition) is 7. The molecule has 0 spiro atoms. The van der Waals surface area contributed by atoms with E-state index in [4.69, 9.17) is 9.72 Å². The highest BCUT2D eigenvalue weighted by molar-refractivity contribution is 7.14. The molecule has 1 N–H and O–H groups in total. The molecule has 0 bridgehead atoms. The van der Waals surface area contributed by atoms with Crippen LogP contribution in [0.15, 0.2) is 48.8 Å². The lowest BCUT2D eigenvalue weighted by Crippen LogP contribution is -2.49. The first-order valence-corrected chi connectivity index (χ1v) is 12.2. The molecule has 0 saturated carbocycles. The number of nitrogens with zero attached hydrogens (tertiary/aromatic N) is 5. The van der Waals surface area contributed by atoms with Gasteiger partial charge in [-0.05, 0) is 36.8 Å². The lowest BCUT2D eigenvalue weighted by Gasteiger charge is -2.35. The van der Waals surface area contributed by atoms with Gasteiger partial charge in [-0.3, -0.25) is 9.89 Å². The Kier molecular flexibility index (Phi) is 5.26. The van der Waals surface area contributed by atoms with Crippen LogP contribution in [0.25, 0.3) is 22.4 Å². The molecule has 6 rings (SSSR count). The Hall–Kier alpha value is -3.72. The second kappa shape index (κ2) is 8.57. The molecule has 0 radical (unpaired) electrons. The number of aryl methyl sites for hydroxylation is 1. The quantitative estimate of drug-likeness (QED) is 0.488. The molecule has 9 heteroatoms. The van der Waals surface area contributed by atoms with Crippen LogP contribution >= 0.6 is 11.3 Å². The number of fused-ring (bicyclic) bond motifs is 3. The van der Waals surface area contributed by atoms with E-state index in [1.807, 2.05) is 54.4 Å². The van der Waals surface area contributed by atoms with E-state index in [1.165, 1.54) is 11.3 Å². The van der Waals surface area contributed by atoms with Crippen LogP contribution in [0, 0.1) is 6.92 Å². The van der Waals surface area contributed by atoms with E-state index >= 15 is 0 Å². The number of H-pyrrole nitrogens is 1. The standard InChI is InChI=1S/C25H24N6O2S/c1-16-3-2-4-22(28-16)30-8-10-31(11-9-30)25(32)24-29-23-19-6-5-17(18-14-26-27-15-18)13-20(19)33-12-7-21(23)34-24/h2-6,13-15H,7-12H2,1H3,(H,26,27). The molecule has 0 aliphatic carbocycles. The number of amides is 1. The fraction of sp³-hybridized carbons (Fsp3) is 0.280. The Morgan fingerprint density at radius 1 is 1.09 bits per heavy atom. The minimum absolute atomic E-state index is 0.00686. The first-order chi connectivity index (χ1) is 16.7. The van der Waals surface area contributed by atoms with Gasteiger partial charge in [-0.2, -0.15) is 5.10 Å². The summed E-state index contributed by atoms with van der Waals surface area (Å²) in [5.41, 5.74) is 4.84. The van der Waals surface area contributed by atoms with E-state index in [-0.39, 0.29) is 5.91 Å². The van der Waals surface area contributed by atoms with Crippen LogP contribution in [-0.2, 0) is 6.42 Å². The average molecular weight is 473 g/mol. The highest BCUT2D eigenvalue weighted by atomic mass is 32.1. The largest absolute Gasteiger partial charge is 0.492 e. The van der Waals surface area contributed by atoms with Crippen molar-refractivity contribution in [3.8, 4) is 28.1 Å². The molecule has 0 atom stereocenters. The summed E-state index contributed by atoms with van der Waals surface area (Å²) in [7, 11) is 0. The van der Waals surface area contributed by atoms with Gasteiger partial charge >= 0.3 is 0 Å². The zero-order chi connectivity index (χ0) is 23.1. The second-order valence-electron chi connectivity index (χ2n) is 8.50. The maximum absolute atomic E-state index is 13.3. The number of pyridine rings is 1. The van der Waals surface area contributed by atoms with Crippen LogP contribution in [0.1, 0.15) is 20.4 Å². The van der Waals surface area contributed by atoms with E-state index in [9.17, 15) is 4.79 Å². The fourth-order valence-corrected chi connectivity index (χ4v) is 5.51. The maximum atomic E-state index is 13.3. The minimum Gasteiger partial charge on any atom is -0.492 e. The normalized spacial score (nSPS) is 15.3. The van der Waals surface area contributed by atoms with E-state index in [1.54, 1.807) is 6.20 Å². The first-order valence-electron chi connectivity index (χ1n) is 11.4. The summed E-state index contributed by atoms with van der Waals surface area (Å²) in [6.07, 6.45) is 4.39. The van der Waals surface area contributed by atoms with Crippen LogP contribution < -0.4 is 9.64 Å². The third kappa shape index (κ3) is 3.81. The van der Waals surface area contributed by atoms with Gasteiger partial charge in [-0.15, -0.1) is 11.3 Å². The number of nitrogens with one attached hydrogen (secondary N) is 1. The topological polar surface area (TPSA) is 87.2 Å². The molecule has 1 aromatic carbocycles. The van der Waals surface area contributed by atoms with Gasteiger partial charge in [0.05, 0.1) is 18.5 Å². The van der Waals surface area contributed by atoms with Crippen LogP contribution in [0.4, 0.5) is 5.82 Å². The molecule has 8 nitrogen and oxygen atoms in total. The Morgan fingerprint density at radius 2 is 1.97 bits per heavy atom. The van der Waals surface area contributed by atoms with Crippen molar-refractivity contribution in [2.75, 3.05) is 37.7 Å². The maximum Gasteiger partial charge on any atom is 0.282 e. The van der Waals surface area contributed by atoms with Crippen LogP contribution in [-0.4, -0.2) is 63.8 Å². The highest BCUT2D eigenvalue weighted by Crippen LogP contribution is 2.40. The van der Waals surface area contributed by atoms with Crippen molar-refractivity contribution in [3.63, 3.8) is 0 Å². The van der Waals surface area contributed by atoms with Gasteiger partial charge < -0.3 is 14.5 Å². The molecular formula is C25H24N6O2S. The van der Waals surface area contributed by atoms with Crippen LogP contribution in [0.2, 0.25) is 0 Å². The fourth-order valence-electron chi connectivity index (χ4n) is 4.48. The lowest BCUT2D eigenvalue weighted by molar-refractivity contribution is 0.0746. The van der Waals surface area contributed by atoms with Crippen LogP contribution in [0.5, 0.6) is 5.75 Å². The Labute approximate surface area is 201 Å². The number of rotatable bonds is 3. The van der Waals surface area contributed by atoms with Crippen molar-refractivity contribution in [2.45, 2.75) is 13.3 Å². The molecule has 0 unspecified atom stereocenters. The van der Waals surface area contributed by atoms with Gasteiger partial charge in [0.25, 0.3) is 5.91 Å². The Balaban J connectivity index is 1.22. The molecular weight excluding hydrogens is 448 g/mol. The Morgan fingerprint density at radius 3 is 2.76 bits per heavy atom. The van der Waals surface area contributed by atoms with Crippen molar-refractivity contribution in [2.24, 2.45) is 0 Å². The molecule has 2 aliphatic rings. The van der Waals surface area contributed by atoms with Gasteiger partial charge in [-0.1, -0.05) is 12.1 Å². The summed E-state index contributed by atoms with van der Waals surface area (Å²) in [6, 6.07) is 12.1. The molecule has 5 heterocycles. The molecule has 4 aromatic rings. The number of carbonyl (C=O) groups is 1. The summed E-state index contributed by atoms with van der Waals surface area (Å²) >= 11 is 1.49. The number of aromatic nitrogens is 4. The first kappa shape index (κ1) is 20.9. The molecule has 1 amide bonds. The summed E-state index contributed by atoms with van der Waals surface area (Å²) in [6.45, 7) is 5.41. The zero-order valence-corrected chi connectivity index (χ0v) is 19.6. The molecule has 172 valence electrons. The minimum atomic E-state index is 0.00686. The number of anilines is 1.